The van der Waals surface area contributed by atoms with E-state index in [-0.39, 0.29) is 5.56 Å². The quantitative estimate of drug-likeness (QED) is 0.728. The van der Waals surface area contributed by atoms with Crippen LogP contribution in [0.4, 0.5) is 0 Å². The number of aryl methyl sites for hydroxylation is 1. The first kappa shape index (κ1) is 14.3. The maximum Gasteiger partial charge on any atom is 0.261 e. The van der Waals surface area contributed by atoms with Gasteiger partial charge in [-0.2, -0.15) is 9.50 Å². The Morgan fingerprint density at radius 1 is 1.17 bits per heavy atom. The third-order valence-electron chi connectivity index (χ3n) is 4.52. The molecule has 0 saturated carbocycles. The lowest BCUT2D eigenvalue weighted by Gasteiger charge is -2.26. The Morgan fingerprint density at radius 3 is 2.83 bits per heavy atom. The van der Waals surface area contributed by atoms with Crippen LogP contribution in [0.15, 0.2) is 23.3 Å². The van der Waals surface area contributed by atoms with Crippen LogP contribution in [0.5, 0.6) is 0 Å². The molecule has 4 heterocycles. The molecule has 4 rings (SSSR count). The van der Waals surface area contributed by atoms with Crippen LogP contribution in [0, 0.1) is 6.92 Å². The third kappa shape index (κ3) is 2.61. The van der Waals surface area contributed by atoms with Crippen molar-refractivity contribution < 1.29 is 0 Å². The average Bonchev–Trinajstić information content (AvgIpc) is 2.96. The molecule has 0 amide bonds. The van der Waals surface area contributed by atoms with Crippen molar-refractivity contribution in [1.29, 1.82) is 0 Å². The van der Waals surface area contributed by atoms with Crippen LogP contribution >= 0.6 is 0 Å². The maximum atomic E-state index is 12.7. The SMILES string of the molecule is Cc1nc2ncc3c(=O)n(CCN4CCCCC4)ccc3n2n1. The molecule has 7 nitrogen and oxygen atoms in total. The summed E-state index contributed by atoms with van der Waals surface area (Å²) >= 11 is 0. The Kier molecular flexibility index (Phi) is 3.57. The van der Waals surface area contributed by atoms with Gasteiger partial charge in [-0.15, -0.1) is 5.10 Å². The van der Waals surface area contributed by atoms with E-state index in [0.717, 1.165) is 25.2 Å². The van der Waals surface area contributed by atoms with Gasteiger partial charge in [0.25, 0.3) is 11.3 Å². The molecule has 1 fully saturated rings. The number of likely N-dealkylation sites (tertiary alicyclic amines) is 1. The van der Waals surface area contributed by atoms with Gasteiger partial charge in [-0.05, 0) is 38.9 Å². The molecule has 0 N–H and O–H groups in total. The van der Waals surface area contributed by atoms with E-state index in [9.17, 15) is 4.79 Å². The molecule has 0 bridgehead atoms. The van der Waals surface area contributed by atoms with Crippen molar-refractivity contribution in [2.45, 2.75) is 32.7 Å². The van der Waals surface area contributed by atoms with E-state index in [1.54, 1.807) is 15.3 Å². The van der Waals surface area contributed by atoms with Crippen molar-refractivity contribution in [3.63, 3.8) is 0 Å². The Balaban J connectivity index is 1.67. The monoisotopic (exact) mass is 312 g/mol. The first-order valence-corrected chi connectivity index (χ1v) is 8.16. The molecule has 120 valence electrons. The molecule has 3 aromatic rings. The zero-order valence-electron chi connectivity index (χ0n) is 13.3. The summed E-state index contributed by atoms with van der Waals surface area (Å²) in [5, 5.41) is 4.90. The molecular weight excluding hydrogens is 292 g/mol. The van der Waals surface area contributed by atoms with Crippen LogP contribution in [-0.2, 0) is 6.54 Å². The van der Waals surface area contributed by atoms with Crippen molar-refractivity contribution in [2.24, 2.45) is 0 Å². The highest BCUT2D eigenvalue weighted by Gasteiger charge is 2.12. The molecule has 0 atom stereocenters. The molecule has 0 unspecified atom stereocenters. The van der Waals surface area contributed by atoms with Crippen LogP contribution in [-0.4, -0.2) is 48.7 Å². The summed E-state index contributed by atoms with van der Waals surface area (Å²) < 4.78 is 3.41. The minimum Gasteiger partial charge on any atom is -0.314 e. The molecule has 0 aromatic carbocycles. The minimum atomic E-state index is -0.0120. The van der Waals surface area contributed by atoms with Gasteiger partial charge in [0.15, 0.2) is 0 Å². The first-order chi connectivity index (χ1) is 11.2. The van der Waals surface area contributed by atoms with Crippen molar-refractivity contribution in [2.75, 3.05) is 19.6 Å². The Bertz CT molecular complexity index is 906. The van der Waals surface area contributed by atoms with Gasteiger partial charge in [0.1, 0.15) is 5.82 Å². The summed E-state index contributed by atoms with van der Waals surface area (Å²) in [5.74, 6) is 1.18. The van der Waals surface area contributed by atoms with Gasteiger partial charge >= 0.3 is 0 Å². The molecule has 1 aliphatic rings. The van der Waals surface area contributed by atoms with E-state index in [2.05, 4.69) is 20.0 Å². The molecule has 23 heavy (non-hydrogen) atoms. The summed E-state index contributed by atoms with van der Waals surface area (Å²) in [6.45, 7) is 5.73. The van der Waals surface area contributed by atoms with E-state index in [1.807, 2.05) is 19.2 Å². The lowest BCUT2D eigenvalue weighted by atomic mass is 10.1. The second-order valence-corrected chi connectivity index (χ2v) is 6.14. The average molecular weight is 312 g/mol. The van der Waals surface area contributed by atoms with Crippen LogP contribution in [0.1, 0.15) is 25.1 Å². The zero-order valence-corrected chi connectivity index (χ0v) is 13.3. The van der Waals surface area contributed by atoms with Gasteiger partial charge in [-0.1, -0.05) is 6.42 Å². The fourth-order valence-electron chi connectivity index (χ4n) is 3.27. The van der Waals surface area contributed by atoms with Crippen molar-refractivity contribution >= 4 is 16.7 Å². The van der Waals surface area contributed by atoms with E-state index in [0.29, 0.717) is 23.5 Å². The van der Waals surface area contributed by atoms with E-state index < -0.39 is 0 Å². The smallest absolute Gasteiger partial charge is 0.261 e. The number of piperidine rings is 1. The molecule has 3 aromatic heterocycles. The summed E-state index contributed by atoms with van der Waals surface area (Å²) in [6, 6.07) is 1.93. The van der Waals surface area contributed by atoms with E-state index in [1.165, 1.54) is 19.3 Å². The second-order valence-electron chi connectivity index (χ2n) is 6.14. The van der Waals surface area contributed by atoms with E-state index >= 15 is 0 Å². The maximum absolute atomic E-state index is 12.7. The van der Waals surface area contributed by atoms with Gasteiger partial charge in [-0.25, -0.2) is 4.98 Å². The lowest BCUT2D eigenvalue weighted by Crippen LogP contribution is -2.34. The predicted molar refractivity (Wildman–Crippen MR) is 87.6 cm³/mol. The second kappa shape index (κ2) is 5.73. The fraction of sp³-hybridized carbons (Fsp3) is 0.500. The summed E-state index contributed by atoms with van der Waals surface area (Å²) in [5.41, 5.74) is 0.747. The van der Waals surface area contributed by atoms with Gasteiger partial charge < -0.3 is 9.47 Å². The van der Waals surface area contributed by atoms with E-state index in [4.69, 9.17) is 0 Å². The minimum absolute atomic E-state index is 0.0120. The first-order valence-electron chi connectivity index (χ1n) is 8.16. The summed E-state index contributed by atoms with van der Waals surface area (Å²) in [7, 11) is 0. The normalized spacial score (nSPS) is 16.4. The lowest BCUT2D eigenvalue weighted by molar-refractivity contribution is 0.220. The van der Waals surface area contributed by atoms with Crippen molar-refractivity contribution in [1.82, 2.24) is 29.0 Å². The Labute approximate surface area is 133 Å². The van der Waals surface area contributed by atoms with Gasteiger partial charge in [0, 0.05) is 25.5 Å². The predicted octanol–water partition coefficient (Wildman–Crippen LogP) is 1.23. The summed E-state index contributed by atoms with van der Waals surface area (Å²) in [6.07, 6.45) is 7.31. The highest BCUT2D eigenvalue weighted by Crippen LogP contribution is 2.11. The zero-order chi connectivity index (χ0) is 15.8. The number of hydrogen-bond donors (Lipinski definition) is 0. The molecule has 1 aliphatic heterocycles. The van der Waals surface area contributed by atoms with Crippen LogP contribution in [0.3, 0.4) is 0 Å². The largest absolute Gasteiger partial charge is 0.314 e. The van der Waals surface area contributed by atoms with Crippen LogP contribution in [0.25, 0.3) is 16.7 Å². The highest BCUT2D eigenvalue weighted by molar-refractivity contribution is 5.78. The van der Waals surface area contributed by atoms with Crippen molar-refractivity contribution in [3.05, 3.63) is 34.6 Å². The summed E-state index contributed by atoms with van der Waals surface area (Å²) in [4.78, 5) is 23.6. The topological polar surface area (TPSA) is 68.3 Å². The van der Waals surface area contributed by atoms with Crippen LogP contribution < -0.4 is 5.56 Å². The molecule has 0 radical (unpaired) electrons. The highest BCUT2D eigenvalue weighted by atomic mass is 16.1. The Hall–Kier alpha value is -2.28. The standard InChI is InChI=1S/C16H20N6O/c1-12-18-16-17-11-13-14(22(16)19-12)5-8-21(15(13)23)10-9-20-6-3-2-4-7-20/h5,8,11H,2-4,6-7,9-10H2,1H3. The number of nitrogens with zero attached hydrogens (tertiary/aromatic N) is 6. The number of pyridine rings is 1. The molecule has 7 heteroatoms. The number of fused-ring (bicyclic) bond motifs is 3. The molecule has 1 saturated heterocycles. The molecule has 0 aliphatic carbocycles. The third-order valence-corrected chi connectivity index (χ3v) is 4.52. The molecular formula is C16H20N6O. The Morgan fingerprint density at radius 2 is 2.00 bits per heavy atom. The fourth-order valence-corrected chi connectivity index (χ4v) is 3.27. The van der Waals surface area contributed by atoms with Gasteiger partial charge in [0.2, 0.25) is 0 Å². The van der Waals surface area contributed by atoms with Crippen molar-refractivity contribution in [3.8, 4) is 0 Å². The van der Waals surface area contributed by atoms with Gasteiger partial charge in [0.05, 0.1) is 10.9 Å². The number of rotatable bonds is 3. The van der Waals surface area contributed by atoms with Crippen LogP contribution in [0.2, 0.25) is 0 Å². The van der Waals surface area contributed by atoms with Gasteiger partial charge in [-0.3, -0.25) is 4.79 Å². The number of aromatic nitrogens is 5. The number of hydrogen-bond acceptors (Lipinski definition) is 5. The molecule has 0 spiro atoms.